The van der Waals surface area contributed by atoms with Crippen molar-refractivity contribution in [1.29, 1.82) is 0 Å². The molecule has 0 nitrogen and oxygen atoms in total. The Morgan fingerprint density at radius 2 is 2.27 bits per heavy atom. The topological polar surface area (TPSA) is 0 Å². The van der Waals surface area contributed by atoms with E-state index < -0.39 is 0 Å². The van der Waals surface area contributed by atoms with Gasteiger partial charge in [0.05, 0.1) is 0 Å². The maximum absolute atomic E-state index is 12.5. The molecule has 0 bridgehead atoms. The Morgan fingerprint density at radius 1 is 1.55 bits per heavy atom. The van der Waals surface area contributed by atoms with Crippen LogP contribution in [0.4, 0.5) is 4.39 Å². The molecule has 2 heteroatoms. The van der Waals surface area contributed by atoms with Gasteiger partial charge in [-0.05, 0) is 17.7 Å². The summed E-state index contributed by atoms with van der Waals surface area (Å²) in [4.78, 5) is 0. The number of hydrogen-bond donors (Lipinski definition) is 0. The van der Waals surface area contributed by atoms with E-state index in [4.69, 9.17) is 11.6 Å². The van der Waals surface area contributed by atoms with Gasteiger partial charge in [0, 0.05) is 11.5 Å². The molecule has 0 radical (unpaired) electrons. The zero-order valence-corrected chi connectivity index (χ0v) is 6.74. The predicted octanol–water partition coefficient (Wildman–Crippen LogP) is 3.12. The van der Waals surface area contributed by atoms with Gasteiger partial charge in [-0.1, -0.05) is 30.3 Å². The van der Waals surface area contributed by atoms with Gasteiger partial charge < -0.3 is 0 Å². The fraction of sp³-hybridized carbons (Fsp3) is 0.111. The average Bonchev–Trinajstić information content (AvgIpc) is 1.85. The van der Waals surface area contributed by atoms with E-state index in [2.05, 4.69) is 6.58 Å². The molecule has 0 aromatic heterocycles. The molecule has 0 amide bonds. The van der Waals surface area contributed by atoms with E-state index in [1.165, 1.54) is 12.1 Å². The van der Waals surface area contributed by atoms with E-state index in [0.717, 1.165) is 5.56 Å². The molecule has 0 spiro atoms. The smallest absolute Gasteiger partial charge is 0.123 e. The summed E-state index contributed by atoms with van der Waals surface area (Å²) in [6.45, 7) is 3.52. The molecule has 0 fully saturated rings. The van der Waals surface area contributed by atoms with E-state index in [1.807, 2.05) is 6.07 Å². The van der Waals surface area contributed by atoms with Crippen molar-refractivity contribution in [3.8, 4) is 0 Å². The molecule has 1 aromatic rings. The summed E-state index contributed by atoms with van der Waals surface area (Å²) < 4.78 is 12.5. The van der Waals surface area contributed by atoms with Gasteiger partial charge in [-0.25, -0.2) is 4.39 Å². The lowest BCUT2D eigenvalue weighted by Gasteiger charge is -1.97. The molecule has 0 unspecified atom stereocenters. The van der Waals surface area contributed by atoms with Crippen LogP contribution in [0.2, 0.25) is 0 Å². The predicted molar refractivity (Wildman–Crippen MR) is 45.1 cm³/mol. The van der Waals surface area contributed by atoms with Crippen LogP contribution in [0.5, 0.6) is 0 Å². The van der Waals surface area contributed by atoms with Crippen LogP contribution in [-0.4, -0.2) is 0 Å². The molecule has 11 heavy (non-hydrogen) atoms. The monoisotopic (exact) mass is 170 g/mol. The summed E-state index contributed by atoms with van der Waals surface area (Å²) in [5, 5.41) is 0.524. The fourth-order valence-corrected chi connectivity index (χ4v) is 1.02. The minimum absolute atomic E-state index is 0.236. The highest BCUT2D eigenvalue weighted by Crippen LogP contribution is 2.10. The summed E-state index contributed by atoms with van der Waals surface area (Å²) in [6.07, 6.45) is 0.527. The second kappa shape index (κ2) is 3.54. The summed E-state index contributed by atoms with van der Waals surface area (Å²) in [5.74, 6) is -0.236. The molecule has 0 saturated carbocycles. The third-order valence-electron chi connectivity index (χ3n) is 1.28. The number of hydrogen-bond acceptors (Lipinski definition) is 0. The molecule has 0 aliphatic carbocycles. The van der Waals surface area contributed by atoms with E-state index in [9.17, 15) is 4.39 Å². The quantitative estimate of drug-likeness (QED) is 0.640. The molecule has 0 N–H and O–H groups in total. The first-order chi connectivity index (χ1) is 5.18. The Kier molecular flexibility index (Phi) is 2.66. The van der Waals surface area contributed by atoms with Gasteiger partial charge in [-0.15, -0.1) is 0 Å². The van der Waals surface area contributed by atoms with Crippen LogP contribution in [0.1, 0.15) is 5.56 Å². The van der Waals surface area contributed by atoms with Gasteiger partial charge in [-0.2, -0.15) is 0 Å². The lowest BCUT2D eigenvalue weighted by molar-refractivity contribution is 0.626. The highest BCUT2D eigenvalue weighted by atomic mass is 35.5. The SMILES string of the molecule is C=C(Cl)Cc1cccc(F)c1. The van der Waals surface area contributed by atoms with Crippen LogP contribution in [0.25, 0.3) is 0 Å². The maximum Gasteiger partial charge on any atom is 0.123 e. The second-order valence-electron chi connectivity index (χ2n) is 2.32. The van der Waals surface area contributed by atoms with Crippen LogP contribution in [0.3, 0.4) is 0 Å². The molecule has 0 aliphatic heterocycles. The normalized spacial score (nSPS) is 9.64. The van der Waals surface area contributed by atoms with Crippen molar-refractivity contribution in [2.24, 2.45) is 0 Å². The first-order valence-electron chi connectivity index (χ1n) is 3.26. The highest BCUT2D eigenvalue weighted by Gasteiger charge is 1.95. The van der Waals surface area contributed by atoms with E-state index >= 15 is 0 Å². The number of halogens is 2. The Bertz CT molecular complexity index is 268. The standard InChI is InChI=1S/C9H8ClF/c1-7(10)5-8-3-2-4-9(11)6-8/h2-4,6H,1,5H2. The molecular formula is C9H8ClF. The molecule has 0 heterocycles. The Morgan fingerprint density at radius 3 is 2.82 bits per heavy atom. The van der Waals surface area contributed by atoms with Crippen molar-refractivity contribution in [3.05, 3.63) is 47.3 Å². The zero-order chi connectivity index (χ0) is 8.27. The van der Waals surface area contributed by atoms with Crippen molar-refractivity contribution >= 4 is 11.6 Å². The van der Waals surface area contributed by atoms with Crippen LogP contribution >= 0.6 is 11.6 Å². The third kappa shape index (κ3) is 2.72. The zero-order valence-electron chi connectivity index (χ0n) is 5.98. The van der Waals surface area contributed by atoms with Gasteiger partial charge in [0.2, 0.25) is 0 Å². The van der Waals surface area contributed by atoms with Crippen molar-refractivity contribution in [2.75, 3.05) is 0 Å². The van der Waals surface area contributed by atoms with Gasteiger partial charge in [0.1, 0.15) is 5.82 Å². The number of allylic oxidation sites excluding steroid dienone is 1. The number of rotatable bonds is 2. The highest BCUT2D eigenvalue weighted by molar-refractivity contribution is 6.29. The summed E-state index contributed by atoms with van der Waals surface area (Å²) in [7, 11) is 0. The maximum atomic E-state index is 12.5. The molecule has 0 aliphatic rings. The molecule has 1 rings (SSSR count). The minimum atomic E-state index is -0.236. The second-order valence-corrected chi connectivity index (χ2v) is 2.86. The summed E-state index contributed by atoms with van der Waals surface area (Å²) in [5.41, 5.74) is 0.852. The third-order valence-corrected chi connectivity index (χ3v) is 1.42. The Balaban J connectivity index is 2.79. The van der Waals surface area contributed by atoms with E-state index in [1.54, 1.807) is 6.07 Å². The Hall–Kier alpha value is -0.820. The van der Waals surface area contributed by atoms with Gasteiger partial charge in [0.25, 0.3) is 0 Å². The molecule has 58 valence electrons. The molecule has 0 atom stereocenters. The average molecular weight is 171 g/mol. The summed E-state index contributed by atoms with van der Waals surface area (Å²) in [6, 6.07) is 6.33. The lowest BCUT2D eigenvalue weighted by atomic mass is 10.1. The minimum Gasteiger partial charge on any atom is -0.207 e. The largest absolute Gasteiger partial charge is 0.207 e. The van der Waals surface area contributed by atoms with Crippen molar-refractivity contribution in [1.82, 2.24) is 0 Å². The van der Waals surface area contributed by atoms with Crippen LogP contribution in [0, 0.1) is 5.82 Å². The van der Waals surface area contributed by atoms with Crippen LogP contribution in [-0.2, 0) is 6.42 Å². The lowest BCUT2D eigenvalue weighted by Crippen LogP contribution is -1.84. The van der Waals surface area contributed by atoms with Crippen molar-refractivity contribution < 1.29 is 4.39 Å². The Labute approximate surface area is 70.3 Å². The van der Waals surface area contributed by atoms with Crippen LogP contribution in [0.15, 0.2) is 35.9 Å². The molecular weight excluding hydrogens is 163 g/mol. The fourth-order valence-electron chi connectivity index (χ4n) is 0.868. The molecule has 1 aromatic carbocycles. The number of benzene rings is 1. The van der Waals surface area contributed by atoms with Gasteiger partial charge >= 0.3 is 0 Å². The van der Waals surface area contributed by atoms with Crippen molar-refractivity contribution in [2.45, 2.75) is 6.42 Å². The molecule has 0 saturated heterocycles. The first-order valence-corrected chi connectivity index (χ1v) is 3.64. The first kappa shape index (κ1) is 8.28. The van der Waals surface area contributed by atoms with E-state index in [-0.39, 0.29) is 5.82 Å². The van der Waals surface area contributed by atoms with Crippen molar-refractivity contribution in [3.63, 3.8) is 0 Å². The summed E-state index contributed by atoms with van der Waals surface area (Å²) >= 11 is 5.55. The van der Waals surface area contributed by atoms with Crippen LogP contribution < -0.4 is 0 Å². The van der Waals surface area contributed by atoms with Gasteiger partial charge in [-0.3, -0.25) is 0 Å². The van der Waals surface area contributed by atoms with Gasteiger partial charge in [0.15, 0.2) is 0 Å². The van der Waals surface area contributed by atoms with E-state index in [0.29, 0.717) is 11.5 Å².